The standard InChI is InChI=1S/C18H24N4O3/c1-24-15-4-3-14(13-16(15)25-2)7-8-21-9-11-22(12-10-21)17-5-6-18(23)20-19-17/h3-6,13H,7-12H2,1-2H3,(H,20,23). The number of methoxy groups -OCH3 is 2. The molecule has 7 heteroatoms. The second kappa shape index (κ2) is 8.02. The highest BCUT2D eigenvalue weighted by molar-refractivity contribution is 5.43. The van der Waals surface area contributed by atoms with Crippen LogP contribution in [0.5, 0.6) is 11.5 Å². The molecule has 1 aromatic heterocycles. The molecule has 2 heterocycles. The normalized spacial score (nSPS) is 15.2. The van der Waals surface area contributed by atoms with Crippen LogP contribution in [0.25, 0.3) is 0 Å². The fourth-order valence-corrected chi connectivity index (χ4v) is 3.04. The number of hydrogen-bond acceptors (Lipinski definition) is 6. The fraction of sp³-hybridized carbons (Fsp3) is 0.444. The highest BCUT2D eigenvalue weighted by Gasteiger charge is 2.18. The number of aromatic amines is 1. The number of aromatic nitrogens is 2. The Bertz CT molecular complexity index is 734. The van der Waals surface area contributed by atoms with Crippen LogP contribution in [-0.4, -0.2) is 62.0 Å². The minimum Gasteiger partial charge on any atom is -0.493 e. The van der Waals surface area contributed by atoms with Gasteiger partial charge in [-0.15, -0.1) is 0 Å². The van der Waals surface area contributed by atoms with E-state index >= 15 is 0 Å². The van der Waals surface area contributed by atoms with Gasteiger partial charge in [0.15, 0.2) is 11.5 Å². The lowest BCUT2D eigenvalue weighted by Crippen LogP contribution is -2.47. The third-order valence-corrected chi connectivity index (χ3v) is 4.53. The van der Waals surface area contributed by atoms with E-state index < -0.39 is 0 Å². The zero-order valence-electron chi connectivity index (χ0n) is 14.7. The van der Waals surface area contributed by atoms with Gasteiger partial charge in [-0.2, -0.15) is 5.10 Å². The van der Waals surface area contributed by atoms with Gasteiger partial charge in [-0.3, -0.25) is 9.69 Å². The second-order valence-corrected chi connectivity index (χ2v) is 6.05. The van der Waals surface area contributed by atoms with Crippen LogP contribution in [0.15, 0.2) is 35.1 Å². The van der Waals surface area contributed by atoms with E-state index in [1.165, 1.54) is 11.6 Å². The molecule has 25 heavy (non-hydrogen) atoms. The minimum atomic E-state index is -0.169. The summed E-state index contributed by atoms with van der Waals surface area (Å²) < 4.78 is 10.6. The zero-order valence-corrected chi connectivity index (χ0v) is 14.7. The van der Waals surface area contributed by atoms with Crippen molar-refractivity contribution in [2.24, 2.45) is 0 Å². The van der Waals surface area contributed by atoms with E-state index in [0.29, 0.717) is 0 Å². The predicted molar refractivity (Wildman–Crippen MR) is 96.8 cm³/mol. The third kappa shape index (κ3) is 4.30. The van der Waals surface area contributed by atoms with Crippen LogP contribution >= 0.6 is 0 Å². The highest BCUT2D eigenvalue weighted by Crippen LogP contribution is 2.27. The molecule has 1 saturated heterocycles. The molecule has 1 aliphatic heterocycles. The molecule has 1 fully saturated rings. The lowest BCUT2D eigenvalue weighted by molar-refractivity contribution is 0.260. The summed E-state index contributed by atoms with van der Waals surface area (Å²) in [6.07, 6.45) is 0.970. The van der Waals surface area contributed by atoms with Gasteiger partial charge in [0.05, 0.1) is 14.2 Å². The first kappa shape index (κ1) is 17.3. The van der Waals surface area contributed by atoms with Crippen molar-refractivity contribution in [3.63, 3.8) is 0 Å². The van der Waals surface area contributed by atoms with E-state index in [-0.39, 0.29) is 5.56 Å². The van der Waals surface area contributed by atoms with Crippen LogP contribution in [0, 0.1) is 0 Å². The van der Waals surface area contributed by atoms with E-state index in [2.05, 4.69) is 26.1 Å². The highest BCUT2D eigenvalue weighted by atomic mass is 16.5. The van der Waals surface area contributed by atoms with Crippen LogP contribution < -0.4 is 19.9 Å². The maximum atomic E-state index is 11.1. The van der Waals surface area contributed by atoms with Gasteiger partial charge in [0.25, 0.3) is 5.56 Å². The van der Waals surface area contributed by atoms with Crippen molar-refractivity contribution < 1.29 is 9.47 Å². The minimum absolute atomic E-state index is 0.169. The molecule has 1 aromatic carbocycles. The van der Waals surface area contributed by atoms with Crippen molar-refractivity contribution in [2.45, 2.75) is 6.42 Å². The smallest absolute Gasteiger partial charge is 0.264 e. The van der Waals surface area contributed by atoms with Gasteiger partial charge in [-0.25, -0.2) is 5.10 Å². The van der Waals surface area contributed by atoms with E-state index in [1.807, 2.05) is 12.1 Å². The predicted octanol–water partition coefficient (Wildman–Crippen LogP) is 1.15. The maximum absolute atomic E-state index is 11.1. The van der Waals surface area contributed by atoms with E-state index in [0.717, 1.165) is 56.5 Å². The molecule has 7 nitrogen and oxygen atoms in total. The lowest BCUT2D eigenvalue weighted by Gasteiger charge is -2.35. The van der Waals surface area contributed by atoms with Gasteiger partial charge in [-0.1, -0.05) is 6.07 Å². The quantitative estimate of drug-likeness (QED) is 0.848. The molecule has 1 N–H and O–H groups in total. The van der Waals surface area contributed by atoms with Crippen molar-refractivity contribution in [1.82, 2.24) is 15.1 Å². The van der Waals surface area contributed by atoms with Gasteiger partial charge < -0.3 is 14.4 Å². The number of rotatable bonds is 6. The van der Waals surface area contributed by atoms with Gasteiger partial charge in [0, 0.05) is 38.8 Å². The molecule has 0 amide bonds. The van der Waals surface area contributed by atoms with Crippen LogP contribution in [-0.2, 0) is 6.42 Å². The van der Waals surface area contributed by atoms with Crippen molar-refractivity contribution in [3.05, 3.63) is 46.2 Å². The monoisotopic (exact) mass is 344 g/mol. The fourth-order valence-electron chi connectivity index (χ4n) is 3.04. The number of hydrogen-bond donors (Lipinski definition) is 1. The summed E-state index contributed by atoms with van der Waals surface area (Å²) in [4.78, 5) is 15.7. The first-order valence-corrected chi connectivity index (χ1v) is 8.43. The Balaban J connectivity index is 1.51. The molecule has 1 aliphatic rings. The maximum Gasteiger partial charge on any atom is 0.264 e. The third-order valence-electron chi connectivity index (χ3n) is 4.53. The van der Waals surface area contributed by atoms with Crippen LogP contribution in [0.3, 0.4) is 0 Å². The molecule has 0 saturated carbocycles. The number of nitrogens with one attached hydrogen (secondary N) is 1. The molecular formula is C18H24N4O3. The number of anilines is 1. The molecule has 134 valence electrons. The molecule has 0 bridgehead atoms. The molecule has 3 rings (SSSR count). The number of H-pyrrole nitrogens is 1. The summed E-state index contributed by atoms with van der Waals surface area (Å²) in [5.74, 6) is 2.36. The molecule has 0 spiro atoms. The Labute approximate surface area is 147 Å². The average molecular weight is 344 g/mol. The molecule has 0 aliphatic carbocycles. The van der Waals surface area contributed by atoms with Crippen LogP contribution in [0.1, 0.15) is 5.56 Å². The van der Waals surface area contributed by atoms with E-state index in [4.69, 9.17) is 9.47 Å². The molecule has 0 unspecified atom stereocenters. The molecular weight excluding hydrogens is 320 g/mol. The Morgan fingerprint density at radius 2 is 1.80 bits per heavy atom. The SMILES string of the molecule is COc1ccc(CCN2CCN(c3ccc(=O)[nH]n3)CC2)cc1OC. The Hall–Kier alpha value is -2.54. The number of benzene rings is 1. The average Bonchev–Trinajstić information content (AvgIpc) is 2.67. The number of ether oxygens (including phenoxy) is 2. The summed E-state index contributed by atoms with van der Waals surface area (Å²) in [5, 5.41) is 6.59. The Morgan fingerprint density at radius 1 is 1.04 bits per heavy atom. The molecule has 0 radical (unpaired) electrons. The Morgan fingerprint density at radius 3 is 2.44 bits per heavy atom. The Kier molecular flexibility index (Phi) is 5.55. The van der Waals surface area contributed by atoms with E-state index in [1.54, 1.807) is 20.3 Å². The van der Waals surface area contributed by atoms with Gasteiger partial charge >= 0.3 is 0 Å². The summed E-state index contributed by atoms with van der Waals surface area (Å²) in [5.41, 5.74) is 1.07. The topological polar surface area (TPSA) is 70.7 Å². The first-order chi connectivity index (χ1) is 12.2. The van der Waals surface area contributed by atoms with Gasteiger partial charge in [0.1, 0.15) is 5.82 Å². The van der Waals surface area contributed by atoms with E-state index in [9.17, 15) is 4.79 Å². The summed E-state index contributed by atoms with van der Waals surface area (Å²) in [7, 11) is 3.31. The van der Waals surface area contributed by atoms with Crippen molar-refractivity contribution in [1.29, 1.82) is 0 Å². The largest absolute Gasteiger partial charge is 0.493 e. The van der Waals surface area contributed by atoms with Crippen molar-refractivity contribution in [3.8, 4) is 11.5 Å². The first-order valence-electron chi connectivity index (χ1n) is 8.43. The lowest BCUT2D eigenvalue weighted by atomic mass is 10.1. The summed E-state index contributed by atoms with van der Waals surface area (Å²) in [6, 6.07) is 9.37. The molecule has 2 aromatic rings. The summed E-state index contributed by atoms with van der Waals surface area (Å²) >= 11 is 0. The van der Waals surface area contributed by atoms with Crippen molar-refractivity contribution >= 4 is 5.82 Å². The zero-order chi connectivity index (χ0) is 17.6. The molecule has 0 atom stereocenters. The number of piperazine rings is 1. The van der Waals surface area contributed by atoms with Crippen molar-refractivity contribution in [2.75, 3.05) is 51.8 Å². The number of nitrogens with zero attached hydrogens (tertiary/aromatic N) is 3. The second-order valence-electron chi connectivity index (χ2n) is 6.05. The van der Waals surface area contributed by atoms with Gasteiger partial charge in [-0.05, 0) is 30.2 Å². The summed E-state index contributed by atoms with van der Waals surface area (Å²) in [6.45, 7) is 4.78. The van der Waals surface area contributed by atoms with Crippen LogP contribution in [0.2, 0.25) is 0 Å². The van der Waals surface area contributed by atoms with Gasteiger partial charge in [0.2, 0.25) is 0 Å². The van der Waals surface area contributed by atoms with Crippen LogP contribution in [0.4, 0.5) is 5.82 Å².